The van der Waals surface area contributed by atoms with Gasteiger partial charge in [0.2, 0.25) is 0 Å². The first-order valence-electron chi connectivity index (χ1n) is 15.2. The maximum Gasteiger partial charge on any atom is 0.279 e. The van der Waals surface area contributed by atoms with Crippen molar-refractivity contribution >= 4 is 35.1 Å². The van der Waals surface area contributed by atoms with E-state index in [1.165, 1.54) is 37.9 Å². The van der Waals surface area contributed by atoms with Crippen LogP contribution in [0.4, 0.5) is 11.5 Å². The normalized spacial score (nSPS) is 15.6. The van der Waals surface area contributed by atoms with E-state index in [0.29, 0.717) is 36.2 Å². The minimum absolute atomic E-state index is 0.263. The van der Waals surface area contributed by atoms with Crippen molar-refractivity contribution in [3.8, 4) is 0 Å². The summed E-state index contributed by atoms with van der Waals surface area (Å²) in [5.74, 6) is 2.01. The van der Waals surface area contributed by atoms with Crippen molar-refractivity contribution in [2.75, 3.05) is 51.5 Å². The van der Waals surface area contributed by atoms with Gasteiger partial charge in [0.05, 0.1) is 13.2 Å². The highest BCUT2D eigenvalue weighted by atomic mass is 32.2. The molecule has 2 heterocycles. The van der Waals surface area contributed by atoms with Gasteiger partial charge in [-0.3, -0.25) is 9.52 Å². The first-order valence-corrected chi connectivity index (χ1v) is 16.1. The lowest BCUT2D eigenvalue weighted by Crippen LogP contribution is -2.31. The summed E-state index contributed by atoms with van der Waals surface area (Å²) in [6.07, 6.45) is 5.85. The number of hydrogen-bond donors (Lipinski definition) is 3. The van der Waals surface area contributed by atoms with E-state index in [1.54, 1.807) is 13.2 Å². The van der Waals surface area contributed by atoms with Crippen molar-refractivity contribution in [3.05, 3.63) is 89.6 Å². The Hall–Kier alpha value is -3.24. The number of pyridine rings is 1. The van der Waals surface area contributed by atoms with E-state index in [0.717, 1.165) is 48.6 Å². The van der Waals surface area contributed by atoms with Crippen LogP contribution in [0.2, 0.25) is 0 Å². The Morgan fingerprint density at radius 2 is 1.70 bits per heavy atom. The highest BCUT2D eigenvalue weighted by Gasteiger charge is 2.26. The zero-order valence-corrected chi connectivity index (χ0v) is 26.2. The lowest BCUT2D eigenvalue weighted by atomic mass is 9.79. The van der Waals surface area contributed by atoms with Gasteiger partial charge < -0.3 is 25.1 Å². The molecule has 1 saturated heterocycles. The molecule has 0 bridgehead atoms. The monoisotopic (exact) mass is 603 g/mol. The zero-order valence-electron chi connectivity index (χ0n) is 25.4. The number of rotatable bonds is 13. The molecule has 3 N–H and O–H groups in total. The molecule has 43 heavy (non-hydrogen) atoms. The average Bonchev–Trinajstić information content (AvgIpc) is 3.00. The van der Waals surface area contributed by atoms with Crippen molar-refractivity contribution in [2.45, 2.75) is 38.7 Å². The van der Waals surface area contributed by atoms with Gasteiger partial charge in [0, 0.05) is 42.3 Å². The predicted molar refractivity (Wildman–Crippen MR) is 176 cm³/mol. The Balaban J connectivity index is 0.000000359. The number of carbonyl (C=O) groups is 1. The third-order valence-electron chi connectivity index (χ3n) is 7.81. The molecule has 2 aliphatic rings. The molecule has 1 aliphatic carbocycles. The van der Waals surface area contributed by atoms with E-state index in [4.69, 9.17) is 14.9 Å². The fourth-order valence-electron chi connectivity index (χ4n) is 4.97. The number of carbonyl (C=O) groups excluding carboxylic acids is 1. The van der Waals surface area contributed by atoms with Crippen LogP contribution in [0.1, 0.15) is 53.7 Å². The number of benzene rings is 2. The molecule has 1 aromatic heterocycles. The van der Waals surface area contributed by atoms with Gasteiger partial charge in [0.1, 0.15) is 11.5 Å². The molecule has 0 unspecified atom stereocenters. The first kappa shape index (κ1) is 32.7. The molecule has 0 radical (unpaired) electrons. The minimum Gasteiger partial charge on any atom is -0.384 e. The van der Waals surface area contributed by atoms with Gasteiger partial charge in [-0.25, -0.2) is 4.98 Å². The molecule has 2 aromatic carbocycles. The van der Waals surface area contributed by atoms with Crippen LogP contribution in [-0.4, -0.2) is 67.7 Å². The largest absolute Gasteiger partial charge is 0.384 e. The van der Waals surface area contributed by atoms with Gasteiger partial charge in [-0.2, -0.15) is 0 Å². The average molecular weight is 604 g/mol. The number of methoxy groups -OCH3 is 1. The molecule has 9 heteroatoms. The lowest BCUT2D eigenvalue weighted by Gasteiger charge is -2.28. The van der Waals surface area contributed by atoms with Crippen LogP contribution in [0.15, 0.2) is 72.8 Å². The minimum atomic E-state index is -0.263. The Bertz CT molecular complexity index is 1270. The summed E-state index contributed by atoms with van der Waals surface area (Å²) >= 11 is 1.30. The maximum absolute atomic E-state index is 12.7. The second kappa shape index (κ2) is 17.8. The number of hydrogen-bond acceptors (Lipinski definition) is 8. The Morgan fingerprint density at radius 3 is 2.35 bits per heavy atom. The number of piperidine rings is 1. The summed E-state index contributed by atoms with van der Waals surface area (Å²) in [7, 11) is 3.97. The van der Waals surface area contributed by atoms with Gasteiger partial charge in [-0.05, 0) is 93.5 Å². The van der Waals surface area contributed by atoms with Crippen molar-refractivity contribution in [2.24, 2.45) is 11.8 Å². The van der Waals surface area contributed by atoms with E-state index in [1.807, 2.05) is 66.7 Å². The van der Waals surface area contributed by atoms with Crippen LogP contribution in [0.3, 0.4) is 0 Å². The Labute approximate surface area is 260 Å². The molecule has 1 aliphatic heterocycles. The quantitative estimate of drug-likeness (QED) is 0.116. The topological polar surface area (TPSA) is 99.6 Å². The first-order chi connectivity index (χ1) is 21.0. The summed E-state index contributed by atoms with van der Waals surface area (Å²) in [5.41, 5.74) is 3.65. The van der Waals surface area contributed by atoms with E-state index >= 15 is 0 Å². The van der Waals surface area contributed by atoms with Gasteiger partial charge in [0.15, 0.2) is 0 Å². The molecule has 230 valence electrons. The van der Waals surface area contributed by atoms with E-state index < -0.39 is 0 Å². The maximum atomic E-state index is 12.7. The standard InChI is InChI=1S/C26H28N4O2S.C8H17NO/c27-24(20-10-7-11-20)22-14-15-23(29-25(22)28-21-12-5-2-6-13-21)26(31)30-33-17-16-32-18-19-8-3-1-4-9-19;1-9-5-3-8(4-6-9)7-10-2/h1-6,8-9,12-15,20,27H,7,10-11,16-18H2,(H,28,29)(H,30,31);8H,3-7H2,1-2H3. The van der Waals surface area contributed by atoms with Crippen LogP contribution in [0.25, 0.3) is 0 Å². The summed E-state index contributed by atoms with van der Waals surface area (Å²) in [6, 6.07) is 23.2. The number of anilines is 2. The number of likely N-dealkylation sites (tertiary alicyclic amines) is 1. The Kier molecular flexibility index (Phi) is 13.5. The predicted octanol–water partition coefficient (Wildman–Crippen LogP) is 6.56. The highest BCUT2D eigenvalue weighted by molar-refractivity contribution is 7.97. The van der Waals surface area contributed by atoms with Gasteiger partial charge >= 0.3 is 0 Å². The van der Waals surface area contributed by atoms with Gasteiger partial charge in [0.25, 0.3) is 5.91 Å². The zero-order chi connectivity index (χ0) is 30.3. The number of ether oxygens (including phenoxy) is 2. The number of nitrogens with zero attached hydrogens (tertiary/aromatic N) is 2. The van der Waals surface area contributed by atoms with Crippen LogP contribution < -0.4 is 10.0 Å². The van der Waals surface area contributed by atoms with Crippen molar-refractivity contribution in [1.82, 2.24) is 14.6 Å². The number of amides is 1. The fourth-order valence-corrected chi connectivity index (χ4v) is 5.51. The number of aromatic nitrogens is 1. The molecule has 3 aromatic rings. The molecule has 1 amide bonds. The number of para-hydroxylation sites is 1. The summed E-state index contributed by atoms with van der Waals surface area (Å²) in [4.78, 5) is 19.6. The summed E-state index contributed by atoms with van der Waals surface area (Å²) < 4.78 is 13.6. The molecular formula is C34H45N5O3S. The van der Waals surface area contributed by atoms with Crippen molar-refractivity contribution < 1.29 is 14.3 Å². The molecular weight excluding hydrogens is 558 g/mol. The summed E-state index contributed by atoms with van der Waals surface area (Å²) in [6.45, 7) is 4.53. The molecule has 0 spiro atoms. The molecule has 1 saturated carbocycles. The molecule has 5 rings (SSSR count). The van der Waals surface area contributed by atoms with Crippen LogP contribution in [-0.2, 0) is 16.1 Å². The van der Waals surface area contributed by atoms with Crippen molar-refractivity contribution in [1.29, 1.82) is 5.41 Å². The number of nitrogens with one attached hydrogen (secondary N) is 3. The summed E-state index contributed by atoms with van der Waals surface area (Å²) in [5, 5.41) is 11.9. The highest BCUT2D eigenvalue weighted by Crippen LogP contribution is 2.32. The van der Waals surface area contributed by atoms with Crippen LogP contribution in [0.5, 0.6) is 0 Å². The van der Waals surface area contributed by atoms with E-state index in [9.17, 15) is 4.79 Å². The smallest absolute Gasteiger partial charge is 0.279 e. The third kappa shape index (κ3) is 10.8. The van der Waals surface area contributed by atoms with E-state index in [2.05, 4.69) is 27.0 Å². The lowest BCUT2D eigenvalue weighted by molar-refractivity contribution is 0.0979. The van der Waals surface area contributed by atoms with Crippen LogP contribution >= 0.6 is 11.9 Å². The second-order valence-electron chi connectivity index (χ2n) is 11.1. The van der Waals surface area contributed by atoms with Crippen LogP contribution in [0, 0.1) is 17.2 Å². The van der Waals surface area contributed by atoms with E-state index in [-0.39, 0.29) is 11.8 Å². The SMILES string of the molecule is COCC1CCN(C)CC1.N=C(c1ccc(C(=O)NSCCOCc2ccccc2)nc1Nc1ccccc1)C1CCC1. The fraction of sp³-hybridized carbons (Fsp3) is 0.441. The second-order valence-corrected chi connectivity index (χ2v) is 12.0. The van der Waals surface area contributed by atoms with Crippen molar-refractivity contribution in [3.63, 3.8) is 0 Å². The third-order valence-corrected chi connectivity index (χ3v) is 8.52. The molecule has 8 nitrogen and oxygen atoms in total. The molecule has 2 fully saturated rings. The Morgan fingerprint density at radius 1 is 1.00 bits per heavy atom. The molecule has 0 atom stereocenters. The van der Waals surface area contributed by atoms with Gasteiger partial charge in [-0.1, -0.05) is 55.0 Å². The van der Waals surface area contributed by atoms with Gasteiger partial charge in [-0.15, -0.1) is 0 Å².